The molecule has 4 heteroatoms. The van der Waals surface area contributed by atoms with Gasteiger partial charge >= 0.3 is 0 Å². The van der Waals surface area contributed by atoms with Gasteiger partial charge in [0.25, 0.3) is 0 Å². The van der Waals surface area contributed by atoms with Crippen molar-refractivity contribution >= 4 is 0 Å². The molecule has 0 saturated carbocycles. The molecule has 18 heavy (non-hydrogen) atoms. The Hall–Kier alpha value is -1.81. The summed E-state index contributed by atoms with van der Waals surface area (Å²) in [6, 6.07) is 7.28. The molecule has 1 aliphatic rings. The first kappa shape index (κ1) is 11.3. The molecule has 3 rings (SSSR count). The van der Waals surface area contributed by atoms with E-state index in [9.17, 15) is 5.11 Å². The van der Waals surface area contributed by atoms with Gasteiger partial charge in [-0.25, -0.2) is 4.68 Å². The topological polar surface area (TPSA) is 64.1 Å². The minimum atomic E-state index is 0.254. The van der Waals surface area contributed by atoms with Crippen molar-refractivity contribution in [3.05, 3.63) is 41.7 Å². The maximum Gasteiger partial charge on any atom is 0.141 e. The molecule has 0 spiro atoms. The number of nitrogens with two attached hydrogens (primary N) is 1. The van der Waals surface area contributed by atoms with Crippen molar-refractivity contribution in [2.75, 3.05) is 6.54 Å². The Labute approximate surface area is 106 Å². The van der Waals surface area contributed by atoms with Crippen LogP contribution < -0.4 is 5.73 Å². The van der Waals surface area contributed by atoms with Gasteiger partial charge in [-0.1, -0.05) is 12.1 Å². The molecule has 0 fully saturated rings. The summed E-state index contributed by atoms with van der Waals surface area (Å²) in [7, 11) is 0. The highest BCUT2D eigenvalue weighted by molar-refractivity contribution is 5.47. The van der Waals surface area contributed by atoms with Gasteiger partial charge in [-0.3, -0.25) is 0 Å². The fourth-order valence-electron chi connectivity index (χ4n) is 2.76. The van der Waals surface area contributed by atoms with E-state index in [0.29, 0.717) is 12.5 Å². The van der Waals surface area contributed by atoms with E-state index in [0.717, 1.165) is 18.5 Å². The van der Waals surface area contributed by atoms with Crippen molar-refractivity contribution < 1.29 is 5.11 Å². The lowest BCUT2D eigenvalue weighted by molar-refractivity contribution is 0.466. The molecule has 1 aromatic heterocycles. The van der Waals surface area contributed by atoms with Gasteiger partial charge < -0.3 is 10.8 Å². The lowest BCUT2D eigenvalue weighted by Crippen LogP contribution is -2.21. The molecule has 0 saturated heterocycles. The van der Waals surface area contributed by atoms with Crippen LogP contribution in [0.1, 0.15) is 30.0 Å². The molecule has 0 bridgehead atoms. The van der Waals surface area contributed by atoms with Crippen LogP contribution in [-0.2, 0) is 6.42 Å². The van der Waals surface area contributed by atoms with Crippen LogP contribution in [0.15, 0.2) is 30.5 Å². The predicted molar refractivity (Wildman–Crippen MR) is 70.0 cm³/mol. The van der Waals surface area contributed by atoms with Crippen molar-refractivity contribution in [2.45, 2.75) is 25.2 Å². The minimum Gasteiger partial charge on any atom is -0.506 e. The first-order valence-electron chi connectivity index (χ1n) is 6.36. The lowest BCUT2D eigenvalue weighted by atomic mass is 9.88. The van der Waals surface area contributed by atoms with E-state index in [1.807, 2.05) is 29.1 Å². The summed E-state index contributed by atoms with van der Waals surface area (Å²) < 4.78 is 1.85. The number of nitrogens with zero attached hydrogens (tertiary/aromatic N) is 2. The van der Waals surface area contributed by atoms with E-state index in [4.69, 9.17) is 5.73 Å². The van der Waals surface area contributed by atoms with Gasteiger partial charge in [0.1, 0.15) is 11.4 Å². The number of para-hydroxylation sites is 2. The Morgan fingerprint density at radius 1 is 1.39 bits per heavy atom. The summed E-state index contributed by atoms with van der Waals surface area (Å²) in [5.74, 6) is 0.598. The molecule has 94 valence electrons. The van der Waals surface area contributed by atoms with Gasteiger partial charge in [-0.2, -0.15) is 5.10 Å². The fourth-order valence-corrected chi connectivity index (χ4v) is 2.76. The molecular weight excluding hydrogens is 226 g/mol. The average Bonchev–Trinajstić information content (AvgIpc) is 2.83. The Bertz CT molecular complexity index is 562. The molecule has 1 aliphatic carbocycles. The fraction of sp³-hybridized carbons (Fsp3) is 0.357. The van der Waals surface area contributed by atoms with E-state index >= 15 is 0 Å². The van der Waals surface area contributed by atoms with Crippen molar-refractivity contribution in [1.29, 1.82) is 0 Å². The third kappa shape index (κ3) is 1.69. The number of aromatic nitrogens is 2. The Morgan fingerprint density at radius 3 is 3.00 bits per heavy atom. The Balaban J connectivity index is 2.14. The molecule has 0 radical (unpaired) electrons. The highest BCUT2D eigenvalue weighted by atomic mass is 16.3. The number of aromatic hydroxyl groups is 1. The van der Waals surface area contributed by atoms with Crippen LogP contribution in [0.4, 0.5) is 0 Å². The predicted octanol–water partition coefficient (Wildman–Crippen LogP) is 1.96. The second kappa shape index (κ2) is 4.46. The van der Waals surface area contributed by atoms with Crippen LogP contribution in [0.3, 0.4) is 0 Å². The highest BCUT2D eigenvalue weighted by Gasteiger charge is 2.25. The largest absolute Gasteiger partial charge is 0.506 e. The summed E-state index contributed by atoms with van der Waals surface area (Å²) in [6.07, 6.45) is 5.23. The number of hydrogen-bond donors (Lipinski definition) is 2. The molecule has 1 atom stereocenters. The molecule has 3 N–H and O–H groups in total. The van der Waals surface area contributed by atoms with E-state index in [2.05, 4.69) is 5.10 Å². The number of rotatable bonds is 2. The monoisotopic (exact) mass is 243 g/mol. The van der Waals surface area contributed by atoms with Crippen LogP contribution in [0.2, 0.25) is 0 Å². The highest BCUT2D eigenvalue weighted by Crippen LogP contribution is 2.34. The number of aryl methyl sites for hydroxylation is 1. The summed E-state index contributed by atoms with van der Waals surface area (Å²) in [6.45, 7) is 0.631. The first-order chi connectivity index (χ1) is 8.81. The van der Waals surface area contributed by atoms with Crippen molar-refractivity contribution in [3.63, 3.8) is 0 Å². The second-order valence-electron chi connectivity index (χ2n) is 4.78. The average molecular weight is 243 g/mol. The zero-order valence-electron chi connectivity index (χ0n) is 10.2. The van der Waals surface area contributed by atoms with Crippen molar-refractivity contribution in [3.8, 4) is 11.4 Å². The summed E-state index contributed by atoms with van der Waals surface area (Å²) in [5, 5.41) is 14.4. The van der Waals surface area contributed by atoms with Crippen LogP contribution in [0.25, 0.3) is 5.69 Å². The van der Waals surface area contributed by atoms with Crippen LogP contribution in [-0.4, -0.2) is 21.4 Å². The summed E-state index contributed by atoms with van der Waals surface area (Å²) >= 11 is 0. The van der Waals surface area contributed by atoms with Gasteiger partial charge in [-0.15, -0.1) is 0 Å². The Morgan fingerprint density at radius 2 is 2.22 bits per heavy atom. The molecule has 1 unspecified atom stereocenters. The van der Waals surface area contributed by atoms with Crippen LogP contribution in [0, 0.1) is 0 Å². The molecule has 2 aromatic rings. The van der Waals surface area contributed by atoms with E-state index in [1.165, 1.54) is 17.7 Å². The van der Waals surface area contributed by atoms with Gasteiger partial charge in [0.15, 0.2) is 0 Å². The van der Waals surface area contributed by atoms with Gasteiger partial charge in [0.05, 0.1) is 11.9 Å². The maximum atomic E-state index is 9.95. The van der Waals surface area contributed by atoms with Crippen LogP contribution in [0.5, 0.6) is 5.75 Å². The second-order valence-corrected chi connectivity index (χ2v) is 4.78. The molecule has 1 heterocycles. The number of phenolic OH excluding ortho intramolecular Hbond substituents is 1. The standard InChI is InChI=1S/C14H17N3O/c15-8-10-4-3-5-11-9-16-17(14(10)11)12-6-1-2-7-13(12)18/h1-2,6-7,9-10,18H,3-5,8,15H2. The van der Waals surface area contributed by atoms with E-state index in [1.54, 1.807) is 6.07 Å². The lowest BCUT2D eigenvalue weighted by Gasteiger charge is -2.23. The number of fused-ring (bicyclic) bond motifs is 1. The smallest absolute Gasteiger partial charge is 0.141 e. The zero-order chi connectivity index (χ0) is 12.5. The SMILES string of the molecule is NCC1CCCc2cnn(-c3ccccc3O)c21. The van der Waals surface area contributed by atoms with E-state index < -0.39 is 0 Å². The van der Waals surface area contributed by atoms with Gasteiger partial charge in [0, 0.05) is 12.5 Å². The number of phenols is 1. The van der Waals surface area contributed by atoms with Crippen molar-refractivity contribution in [1.82, 2.24) is 9.78 Å². The number of benzene rings is 1. The van der Waals surface area contributed by atoms with Crippen molar-refractivity contribution in [2.24, 2.45) is 5.73 Å². The maximum absolute atomic E-state index is 9.95. The molecule has 4 nitrogen and oxygen atoms in total. The third-order valence-corrected chi connectivity index (χ3v) is 3.67. The molecule has 0 aliphatic heterocycles. The quantitative estimate of drug-likeness (QED) is 0.847. The van der Waals surface area contributed by atoms with Gasteiger partial charge in [0.2, 0.25) is 0 Å². The Kier molecular flexibility index (Phi) is 2.80. The minimum absolute atomic E-state index is 0.254. The molecule has 0 amide bonds. The first-order valence-corrected chi connectivity index (χ1v) is 6.36. The van der Waals surface area contributed by atoms with E-state index in [-0.39, 0.29) is 5.75 Å². The molecule has 1 aromatic carbocycles. The zero-order valence-corrected chi connectivity index (χ0v) is 10.2. The van der Waals surface area contributed by atoms with Crippen LogP contribution >= 0.6 is 0 Å². The normalized spacial score (nSPS) is 18.6. The molecular formula is C14H17N3O. The van der Waals surface area contributed by atoms with Gasteiger partial charge in [-0.05, 0) is 37.0 Å². The number of hydrogen-bond acceptors (Lipinski definition) is 3. The third-order valence-electron chi connectivity index (χ3n) is 3.67. The summed E-state index contributed by atoms with van der Waals surface area (Å²) in [4.78, 5) is 0. The summed E-state index contributed by atoms with van der Waals surface area (Å²) in [5.41, 5.74) is 9.03.